The highest BCUT2D eigenvalue weighted by Gasteiger charge is 2.33. The van der Waals surface area contributed by atoms with Gasteiger partial charge >= 0.3 is 6.18 Å². The van der Waals surface area contributed by atoms with Crippen LogP contribution in [0.25, 0.3) is 11.0 Å². The van der Waals surface area contributed by atoms with Crippen molar-refractivity contribution >= 4 is 32.4 Å². The topological polar surface area (TPSA) is 72.2 Å². The average Bonchev–Trinajstić information content (AvgIpc) is 3.01. The van der Waals surface area contributed by atoms with Crippen LogP contribution >= 0.6 is 11.6 Å². The van der Waals surface area contributed by atoms with Crippen molar-refractivity contribution in [1.29, 1.82) is 0 Å². The van der Waals surface area contributed by atoms with Gasteiger partial charge in [-0.2, -0.15) is 13.2 Å². The van der Waals surface area contributed by atoms with Crippen molar-refractivity contribution < 1.29 is 26.0 Å². The van der Waals surface area contributed by atoms with E-state index in [0.29, 0.717) is 36.2 Å². The van der Waals surface area contributed by atoms with E-state index < -0.39 is 26.5 Å². The van der Waals surface area contributed by atoms with Gasteiger partial charge in [0.1, 0.15) is 5.76 Å². The largest absolute Gasteiger partial charge is 0.459 e. The molecule has 0 bridgehead atoms. The summed E-state index contributed by atoms with van der Waals surface area (Å²) >= 11 is 6.21. The fraction of sp³-hybridized carbons (Fsp3) is 0.235. The minimum absolute atomic E-state index is 0.0837. The number of rotatable bonds is 2. The van der Waals surface area contributed by atoms with Crippen molar-refractivity contribution in [2.75, 3.05) is 6.54 Å². The van der Waals surface area contributed by atoms with Gasteiger partial charge in [-0.05, 0) is 18.2 Å². The monoisotopic (exact) mass is 416 g/mol. The molecule has 2 aromatic heterocycles. The number of halogens is 4. The number of nitrogens with one attached hydrogen (secondary N) is 1. The highest BCUT2D eigenvalue weighted by Crippen LogP contribution is 2.37. The molecule has 3 aromatic rings. The molecule has 1 aliphatic heterocycles. The van der Waals surface area contributed by atoms with Crippen molar-refractivity contribution in [1.82, 2.24) is 10.3 Å². The summed E-state index contributed by atoms with van der Waals surface area (Å²) in [4.78, 5) is 2.66. The number of aromatic nitrogens is 1. The van der Waals surface area contributed by atoms with Gasteiger partial charge in [-0.25, -0.2) is 8.42 Å². The molecule has 0 saturated heterocycles. The SMILES string of the molecule is O=S(=O)(c1cncc(C(F)(F)F)c1)c1cc(Cl)c2oc3c(c2c1)CNCC3. The van der Waals surface area contributed by atoms with E-state index in [1.165, 1.54) is 12.1 Å². The number of pyridine rings is 1. The molecule has 3 heterocycles. The third kappa shape index (κ3) is 3.09. The molecule has 0 spiro atoms. The molecule has 0 unspecified atom stereocenters. The number of alkyl halides is 3. The second-order valence-electron chi connectivity index (χ2n) is 6.12. The van der Waals surface area contributed by atoms with Gasteiger partial charge in [-0.15, -0.1) is 0 Å². The number of hydrogen-bond donors (Lipinski definition) is 1. The van der Waals surface area contributed by atoms with Gasteiger partial charge in [-0.3, -0.25) is 4.98 Å². The Morgan fingerprint density at radius 2 is 1.93 bits per heavy atom. The summed E-state index contributed by atoms with van der Waals surface area (Å²) in [5, 5.41) is 3.78. The van der Waals surface area contributed by atoms with E-state index in [1.54, 1.807) is 0 Å². The van der Waals surface area contributed by atoms with Gasteiger partial charge in [0, 0.05) is 42.9 Å². The molecule has 1 N–H and O–H groups in total. The third-order valence-corrected chi connectivity index (χ3v) is 6.38. The van der Waals surface area contributed by atoms with E-state index >= 15 is 0 Å². The first-order valence-electron chi connectivity index (χ1n) is 7.90. The van der Waals surface area contributed by atoms with Gasteiger partial charge in [0.25, 0.3) is 0 Å². The maximum absolute atomic E-state index is 12.9. The van der Waals surface area contributed by atoms with Gasteiger partial charge in [0.2, 0.25) is 9.84 Å². The van der Waals surface area contributed by atoms with Crippen LogP contribution in [0.15, 0.2) is 44.8 Å². The van der Waals surface area contributed by atoms with Crippen molar-refractivity contribution in [2.24, 2.45) is 0 Å². The standard InChI is InChI=1S/C17H12ClF3N2O3S/c18-14-5-10(4-12-13-8-22-2-1-15(13)26-16(12)14)27(24,25)11-3-9(6-23-7-11)17(19,20)21/h3-7,22H,1-2,8H2. The first kappa shape index (κ1) is 18.3. The van der Waals surface area contributed by atoms with Crippen molar-refractivity contribution in [2.45, 2.75) is 28.9 Å². The maximum Gasteiger partial charge on any atom is 0.417 e. The molecule has 10 heteroatoms. The van der Waals surface area contributed by atoms with Gasteiger partial charge in [-0.1, -0.05) is 11.6 Å². The molecule has 4 rings (SSSR count). The van der Waals surface area contributed by atoms with Crippen molar-refractivity contribution in [3.63, 3.8) is 0 Å². The highest BCUT2D eigenvalue weighted by atomic mass is 35.5. The molecule has 0 amide bonds. The van der Waals surface area contributed by atoms with Crippen LogP contribution in [0.1, 0.15) is 16.9 Å². The second-order valence-corrected chi connectivity index (χ2v) is 8.48. The lowest BCUT2D eigenvalue weighted by Gasteiger charge is -2.11. The van der Waals surface area contributed by atoms with Crippen molar-refractivity contribution in [3.8, 4) is 0 Å². The molecule has 0 saturated carbocycles. The number of hydrogen-bond acceptors (Lipinski definition) is 5. The maximum atomic E-state index is 12.9. The van der Waals surface area contributed by atoms with E-state index in [-0.39, 0.29) is 9.92 Å². The summed E-state index contributed by atoms with van der Waals surface area (Å²) in [6.07, 6.45) is -2.60. The summed E-state index contributed by atoms with van der Waals surface area (Å²) in [5.74, 6) is 0.723. The summed E-state index contributed by atoms with van der Waals surface area (Å²) < 4.78 is 70.2. The zero-order valence-corrected chi connectivity index (χ0v) is 15.2. The van der Waals surface area contributed by atoms with Crippen molar-refractivity contribution in [3.05, 3.63) is 52.5 Å². The first-order valence-corrected chi connectivity index (χ1v) is 9.76. The zero-order valence-electron chi connectivity index (χ0n) is 13.6. The van der Waals surface area contributed by atoms with Gasteiger partial charge in [0.15, 0.2) is 5.58 Å². The predicted octanol–water partition coefficient (Wildman–Crippen LogP) is 3.98. The van der Waals surface area contributed by atoms with E-state index in [2.05, 4.69) is 10.3 Å². The Labute approximate surface area is 157 Å². The van der Waals surface area contributed by atoms with E-state index in [1.807, 2.05) is 0 Å². The van der Waals surface area contributed by atoms with Crippen LogP contribution in [0.5, 0.6) is 0 Å². The molecular weight excluding hydrogens is 405 g/mol. The Balaban J connectivity index is 1.89. The quantitative estimate of drug-likeness (QED) is 0.684. The predicted molar refractivity (Wildman–Crippen MR) is 91.3 cm³/mol. The number of furan rings is 1. The van der Waals surface area contributed by atoms with Crippen LogP contribution in [-0.4, -0.2) is 19.9 Å². The molecule has 0 fully saturated rings. The molecule has 0 aliphatic carbocycles. The van der Waals surface area contributed by atoms with Crippen LogP contribution < -0.4 is 5.32 Å². The summed E-state index contributed by atoms with van der Waals surface area (Å²) in [6, 6.07) is 3.13. The average molecular weight is 417 g/mol. The molecule has 1 aliphatic rings. The Hall–Kier alpha value is -2.10. The molecule has 142 valence electrons. The normalized spacial score (nSPS) is 15.1. The Morgan fingerprint density at radius 3 is 2.67 bits per heavy atom. The Morgan fingerprint density at radius 1 is 1.15 bits per heavy atom. The Bertz CT molecular complexity index is 1160. The molecule has 0 radical (unpaired) electrons. The number of sulfone groups is 1. The van der Waals surface area contributed by atoms with E-state index in [4.69, 9.17) is 16.0 Å². The lowest BCUT2D eigenvalue weighted by atomic mass is 10.1. The molecule has 5 nitrogen and oxygen atoms in total. The number of fused-ring (bicyclic) bond motifs is 3. The van der Waals surface area contributed by atoms with Gasteiger partial charge in [0.05, 0.1) is 20.4 Å². The minimum Gasteiger partial charge on any atom is -0.459 e. The van der Waals surface area contributed by atoms with Gasteiger partial charge < -0.3 is 9.73 Å². The summed E-state index contributed by atoms with van der Waals surface area (Å²) in [7, 11) is -4.25. The summed E-state index contributed by atoms with van der Waals surface area (Å²) in [6.45, 7) is 1.22. The smallest absolute Gasteiger partial charge is 0.417 e. The summed E-state index contributed by atoms with van der Waals surface area (Å²) in [5.41, 5.74) is 0.0319. The van der Waals surface area contributed by atoms with E-state index in [9.17, 15) is 21.6 Å². The van der Waals surface area contributed by atoms with E-state index in [0.717, 1.165) is 24.1 Å². The lowest BCUT2D eigenvalue weighted by molar-refractivity contribution is -0.138. The molecular formula is C17H12ClF3N2O3S. The third-order valence-electron chi connectivity index (χ3n) is 4.40. The minimum atomic E-state index is -4.70. The fourth-order valence-electron chi connectivity index (χ4n) is 3.05. The Kier molecular flexibility index (Phi) is 4.21. The molecule has 0 atom stereocenters. The number of nitrogens with zero attached hydrogens (tertiary/aromatic N) is 1. The lowest BCUT2D eigenvalue weighted by Crippen LogP contribution is -2.22. The fourth-order valence-corrected chi connectivity index (χ4v) is 4.68. The highest BCUT2D eigenvalue weighted by molar-refractivity contribution is 7.91. The van der Waals surface area contributed by atoms with Crippen LogP contribution in [0.3, 0.4) is 0 Å². The zero-order chi connectivity index (χ0) is 19.4. The van der Waals surface area contributed by atoms with Crippen LogP contribution in [-0.2, 0) is 29.0 Å². The van der Waals surface area contributed by atoms with Crippen LogP contribution in [0.2, 0.25) is 5.02 Å². The first-order chi connectivity index (χ1) is 12.7. The van der Waals surface area contributed by atoms with Crippen LogP contribution in [0, 0.1) is 0 Å². The second kappa shape index (κ2) is 6.22. The molecule has 27 heavy (non-hydrogen) atoms. The molecule has 1 aromatic carbocycles. The van der Waals surface area contributed by atoms with Crippen LogP contribution in [0.4, 0.5) is 13.2 Å². The number of benzene rings is 1.